The second-order valence-electron chi connectivity index (χ2n) is 5.46. The van der Waals surface area contributed by atoms with Crippen molar-refractivity contribution in [2.75, 3.05) is 0 Å². The van der Waals surface area contributed by atoms with Gasteiger partial charge in [-0.15, -0.1) is 0 Å². The summed E-state index contributed by atoms with van der Waals surface area (Å²) in [6.07, 6.45) is 4.02. The molecule has 0 amide bonds. The van der Waals surface area contributed by atoms with Crippen molar-refractivity contribution in [2.24, 2.45) is 7.05 Å². The van der Waals surface area contributed by atoms with Crippen LogP contribution in [0.3, 0.4) is 0 Å². The van der Waals surface area contributed by atoms with Gasteiger partial charge >= 0.3 is 0 Å². The Balaban J connectivity index is 1.58. The van der Waals surface area contributed by atoms with E-state index in [9.17, 15) is 8.78 Å². The number of hydrogen-bond donors (Lipinski definition) is 0. The van der Waals surface area contributed by atoms with E-state index in [0.717, 1.165) is 18.2 Å². The zero-order valence-electron chi connectivity index (χ0n) is 11.7. The minimum Gasteiger partial charge on any atom is -0.339 e. The molecule has 0 bridgehead atoms. The van der Waals surface area contributed by atoms with Gasteiger partial charge in [-0.3, -0.25) is 0 Å². The Kier molecular flexibility index (Phi) is 2.82. The summed E-state index contributed by atoms with van der Waals surface area (Å²) in [5.41, 5.74) is 1.24. The van der Waals surface area contributed by atoms with E-state index in [-0.39, 0.29) is 11.8 Å². The Hall–Kier alpha value is -2.57. The Morgan fingerprint density at radius 3 is 2.86 bits per heavy atom. The van der Waals surface area contributed by atoms with Crippen LogP contribution in [0.1, 0.15) is 29.7 Å². The monoisotopic (exact) mass is 302 g/mol. The molecule has 22 heavy (non-hydrogen) atoms. The van der Waals surface area contributed by atoms with Crippen molar-refractivity contribution in [1.82, 2.24) is 19.7 Å². The van der Waals surface area contributed by atoms with Gasteiger partial charge in [-0.25, -0.2) is 13.8 Å². The number of aryl methyl sites for hydroxylation is 1. The lowest BCUT2D eigenvalue weighted by atomic mass is 10.1. The van der Waals surface area contributed by atoms with Gasteiger partial charge in [-0.05, 0) is 24.0 Å². The Morgan fingerprint density at radius 1 is 1.27 bits per heavy atom. The number of aromatic nitrogens is 4. The third-order valence-electron chi connectivity index (χ3n) is 3.96. The van der Waals surface area contributed by atoms with Crippen molar-refractivity contribution in [1.29, 1.82) is 0 Å². The largest absolute Gasteiger partial charge is 0.339 e. The smallest absolute Gasteiger partial charge is 0.230 e. The standard InChI is InChI=1S/C15H12F2N4O/c1-21-7-18-6-13(21)14-19-15(22-20-14)11-5-10(11)9-3-2-8(16)4-12(9)17/h2-4,6-7,10-11H,5H2,1H3/t10-,11+/m0/s1. The van der Waals surface area contributed by atoms with E-state index in [4.69, 9.17) is 4.52 Å². The third kappa shape index (κ3) is 2.09. The Bertz CT molecular complexity index is 842. The van der Waals surface area contributed by atoms with Gasteiger partial charge in [0.1, 0.15) is 17.3 Å². The topological polar surface area (TPSA) is 56.7 Å². The van der Waals surface area contributed by atoms with Crippen LogP contribution in [0.4, 0.5) is 8.78 Å². The summed E-state index contributed by atoms with van der Waals surface area (Å²) in [6, 6.07) is 3.65. The first kappa shape index (κ1) is 13.1. The van der Waals surface area contributed by atoms with Crippen LogP contribution in [-0.2, 0) is 7.05 Å². The van der Waals surface area contributed by atoms with E-state index in [2.05, 4.69) is 15.1 Å². The van der Waals surface area contributed by atoms with Crippen LogP contribution in [0.2, 0.25) is 0 Å². The van der Waals surface area contributed by atoms with Gasteiger partial charge in [0.25, 0.3) is 0 Å². The predicted octanol–water partition coefficient (Wildman–Crippen LogP) is 3.02. The maximum absolute atomic E-state index is 13.8. The first-order valence-corrected chi connectivity index (χ1v) is 6.88. The summed E-state index contributed by atoms with van der Waals surface area (Å²) in [6.45, 7) is 0. The fourth-order valence-corrected chi connectivity index (χ4v) is 2.68. The first-order valence-electron chi connectivity index (χ1n) is 6.88. The average molecular weight is 302 g/mol. The van der Waals surface area contributed by atoms with Crippen LogP contribution in [0.15, 0.2) is 35.2 Å². The Morgan fingerprint density at radius 2 is 2.14 bits per heavy atom. The van der Waals surface area contributed by atoms with Gasteiger partial charge < -0.3 is 9.09 Å². The molecule has 3 aromatic rings. The summed E-state index contributed by atoms with van der Waals surface area (Å²) >= 11 is 0. The van der Waals surface area contributed by atoms with Crippen molar-refractivity contribution < 1.29 is 13.3 Å². The zero-order chi connectivity index (χ0) is 15.3. The van der Waals surface area contributed by atoms with E-state index in [1.54, 1.807) is 17.1 Å². The van der Waals surface area contributed by atoms with Crippen LogP contribution in [0.25, 0.3) is 11.5 Å². The van der Waals surface area contributed by atoms with Gasteiger partial charge in [0.2, 0.25) is 11.7 Å². The molecule has 2 heterocycles. The normalized spacial score (nSPS) is 20.3. The van der Waals surface area contributed by atoms with Crippen molar-refractivity contribution >= 4 is 0 Å². The van der Waals surface area contributed by atoms with Crippen LogP contribution >= 0.6 is 0 Å². The lowest BCUT2D eigenvalue weighted by molar-refractivity contribution is 0.378. The number of hydrogen-bond acceptors (Lipinski definition) is 4. The molecule has 0 aliphatic heterocycles. The second-order valence-corrected chi connectivity index (χ2v) is 5.46. The average Bonchev–Trinajstić information content (AvgIpc) is 2.92. The molecule has 2 aromatic heterocycles. The van der Waals surface area contributed by atoms with E-state index < -0.39 is 11.6 Å². The molecule has 0 saturated heterocycles. The SMILES string of the molecule is Cn1cncc1-c1noc([C@@H]2C[C@H]2c2ccc(F)cc2F)n1. The van der Waals surface area contributed by atoms with Crippen LogP contribution in [-0.4, -0.2) is 19.7 Å². The lowest BCUT2D eigenvalue weighted by Crippen LogP contribution is -1.92. The molecular weight excluding hydrogens is 290 g/mol. The van der Waals surface area contributed by atoms with Crippen molar-refractivity contribution in [3.05, 3.63) is 53.8 Å². The highest BCUT2D eigenvalue weighted by Crippen LogP contribution is 2.54. The highest BCUT2D eigenvalue weighted by molar-refractivity contribution is 5.47. The van der Waals surface area contributed by atoms with Gasteiger partial charge in [0.05, 0.1) is 12.5 Å². The maximum atomic E-state index is 13.8. The third-order valence-corrected chi connectivity index (χ3v) is 3.96. The molecule has 4 rings (SSSR count). The maximum Gasteiger partial charge on any atom is 0.230 e. The highest BCUT2D eigenvalue weighted by Gasteiger charge is 2.45. The molecule has 1 fully saturated rings. The summed E-state index contributed by atoms with van der Waals surface area (Å²) in [5, 5.41) is 3.94. The van der Waals surface area contributed by atoms with E-state index in [1.807, 2.05) is 7.05 Å². The summed E-state index contributed by atoms with van der Waals surface area (Å²) < 4.78 is 33.8. The molecule has 1 aliphatic rings. The molecule has 1 aromatic carbocycles. The predicted molar refractivity (Wildman–Crippen MR) is 73.0 cm³/mol. The van der Waals surface area contributed by atoms with Crippen molar-refractivity contribution in [3.63, 3.8) is 0 Å². The summed E-state index contributed by atoms with van der Waals surface area (Å²) in [7, 11) is 1.84. The quantitative estimate of drug-likeness (QED) is 0.746. The minimum atomic E-state index is -0.574. The van der Waals surface area contributed by atoms with Crippen molar-refractivity contribution in [3.8, 4) is 11.5 Å². The van der Waals surface area contributed by atoms with Crippen LogP contribution < -0.4 is 0 Å². The van der Waals surface area contributed by atoms with Gasteiger partial charge in [0, 0.05) is 19.0 Å². The lowest BCUT2D eigenvalue weighted by Gasteiger charge is -2.00. The number of nitrogens with zero attached hydrogens (tertiary/aromatic N) is 4. The molecule has 2 atom stereocenters. The second kappa shape index (κ2) is 4.72. The summed E-state index contributed by atoms with van der Waals surface area (Å²) in [5.74, 6) is -0.228. The number of benzene rings is 1. The molecule has 0 unspecified atom stereocenters. The van der Waals surface area contributed by atoms with Gasteiger partial charge in [-0.2, -0.15) is 4.98 Å². The molecular formula is C15H12F2N4O. The zero-order valence-corrected chi connectivity index (χ0v) is 11.7. The first-order chi connectivity index (χ1) is 10.6. The highest BCUT2D eigenvalue weighted by atomic mass is 19.1. The fourth-order valence-electron chi connectivity index (χ4n) is 2.68. The fraction of sp³-hybridized carbons (Fsp3) is 0.267. The van der Waals surface area contributed by atoms with E-state index >= 15 is 0 Å². The molecule has 0 radical (unpaired) electrons. The van der Waals surface area contributed by atoms with Gasteiger partial charge in [-0.1, -0.05) is 11.2 Å². The number of halogens is 2. The number of rotatable bonds is 3. The number of imidazole rings is 1. The molecule has 7 heteroatoms. The molecule has 0 N–H and O–H groups in total. The van der Waals surface area contributed by atoms with Crippen LogP contribution in [0, 0.1) is 11.6 Å². The molecule has 1 saturated carbocycles. The van der Waals surface area contributed by atoms with E-state index in [1.165, 1.54) is 12.1 Å². The van der Waals surface area contributed by atoms with Crippen molar-refractivity contribution in [2.45, 2.75) is 18.3 Å². The summed E-state index contributed by atoms with van der Waals surface area (Å²) in [4.78, 5) is 8.37. The molecule has 0 spiro atoms. The molecule has 112 valence electrons. The van der Waals surface area contributed by atoms with Gasteiger partial charge in [0.15, 0.2) is 0 Å². The van der Waals surface area contributed by atoms with Crippen LogP contribution in [0.5, 0.6) is 0 Å². The van der Waals surface area contributed by atoms with E-state index in [0.29, 0.717) is 17.3 Å². The molecule has 5 nitrogen and oxygen atoms in total. The minimum absolute atomic E-state index is 0.0190. The Labute approximate surface area is 124 Å². The molecule has 1 aliphatic carbocycles.